The first-order chi connectivity index (χ1) is 13.5. The Morgan fingerprint density at radius 3 is 2.43 bits per heavy atom. The van der Waals surface area contributed by atoms with E-state index in [0.717, 1.165) is 16.5 Å². The highest BCUT2D eigenvalue weighted by Gasteiger charge is 2.15. The molecule has 0 unspecified atom stereocenters. The van der Waals surface area contributed by atoms with Crippen molar-refractivity contribution in [2.45, 2.75) is 6.42 Å². The molecule has 0 aliphatic carbocycles. The minimum atomic E-state index is -0.205. The number of fused-ring (bicyclic) bond motifs is 1. The van der Waals surface area contributed by atoms with E-state index in [1.807, 2.05) is 18.2 Å². The number of phenols is 1. The van der Waals surface area contributed by atoms with Crippen molar-refractivity contribution in [3.63, 3.8) is 0 Å². The third-order valence-corrected chi connectivity index (χ3v) is 4.79. The molecule has 4 rings (SSSR count). The number of aldehydes is 1. The molecule has 0 spiro atoms. The third-order valence-electron chi connectivity index (χ3n) is 4.54. The van der Waals surface area contributed by atoms with Gasteiger partial charge in [-0.1, -0.05) is 23.7 Å². The Morgan fingerprint density at radius 2 is 1.68 bits per heavy atom. The molecule has 4 nitrogen and oxygen atoms in total. The standard InChI is InChI=1S/C23H15ClO4/c24-19-5-3-16(4-6-19)23(27)22-12-17-10-15(2-8-21(17)28-22)9-14-1-7-20(26)18(11-14)13-25/h1-8,10-13,26H,9H2. The molecule has 0 aliphatic rings. The Balaban J connectivity index is 1.62. The fourth-order valence-corrected chi connectivity index (χ4v) is 3.23. The van der Waals surface area contributed by atoms with Crippen LogP contribution in [0.3, 0.4) is 0 Å². The van der Waals surface area contributed by atoms with Gasteiger partial charge in [0.05, 0.1) is 5.56 Å². The number of hydrogen-bond donors (Lipinski definition) is 1. The van der Waals surface area contributed by atoms with Crippen LogP contribution in [0.15, 0.2) is 71.1 Å². The lowest BCUT2D eigenvalue weighted by atomic mass is 10.0. The fraction of sp³-hybridized carbons (Fsp3) is 0.0435. The summed E-state index contributed by atoms with van der Waals surface area (Å²) >= 11 is 5.87. The molecule has 1 N–H and O–H groups in total. The zero-order valence-corrected chi connectivity index (χ0v) is 15.4. The topological polar surface area (TPSA) is 67.5 Å². The normalized spacial score (nSPS) is 10.9. The van der Waals surface area contributed by atoms with E-state index in [2.05, 4.69) is 0 Å². The van der Waals surface area contributed by atoms with Crippen LogP contribution in [-0.4, -0.2) is 17.2 Å². The second-order valence-electron chi connectivity index (χ2n) is 6.51. The van der Waals surface area contributed by atoms with Crippen molar-refractivity contribution < 1.29 is 19.1 Å². The smallest absolute Gasteiger partial charge is 0.228 e. The first-order valence-corrected chi connectivity index (χ1v) is 9.01. The van der Waals surface area contributed by atoms with Crippen LogP contribution in [0.5, 0.6) is 5.75 Å². The predicted octanol–water partition coefficient (Wildman–Crippen LogP) is 5.43. The van der Waals surface area contributed by atoms with Gasteiger partial charge < -0.3 is 9.52 Å². The van der Waals surface area contributed by atoms with Crippen molar-refractivity contribution in [1.29, 1.82) is 0 Å². The number of benzene rings is 3. The first-order valence-electron chi connectivity index (χ1n) is 8.63. The molecule has 0 fully saturated rings. The number of carbonyl (C=O) groups is 2. The van der Waals surface area contributed by atoms with E-state index in [1.165, 1.54) is 6.07 Å². The van der Waals surface area contributed by atoms with E-state index < -0.39 is 0 Å². The molecule has 0 aliphatic heterocycles. The first kappa shape index (κ1) is 18.0. The van der Waals surface area contributed by atoms with Gasteiger partial charge in [0.2, 0.25) is 5.78 Å². The highest BCUT2D eigenvalue weighted by Crippen LogP contribution is 2.25. The van der Waals surface area contributed by atoms with Crippen molar-refractivity contribution in [3.8, 4) is 5.75 Å². The zero-order valence-electron chi connectivity index (χ0n) is 14.7. The minimum Gasteiger partial charge on any atom is -0.507 e. The molecule has 0 atom stereocenters. The monoisotopic (exact) mass is 390 g/mol. The Labute approximate surface area is 166 Å². The van der Waals surface area contributed by atoms with Crippen LogP contribution in [0.2, 0.25) is 5.02 Å². The maximum absolute atomic E-state index is 12.6. The van der Waals surface area contributed by atoms with Gasteiger partial charge in [0.25, 0.3) is 0 Å². The highest BCUT2D eigenvalue weighted by molar-refractivity contribution is 6.30. The van der Waals surface area contributed by atoms with Gasteiger partial charge in [0.15, 0.2) is 12.0 Å². The van der Waals surface area contributed by atoms with Gasteiger partial charge in [-0.15, -0.1) is 0 Å². The number of halogens is 1. The summed E-state index contributed by atoms with van der Waals surface area (Å²) in [4.78, 5) is 23.6. The molecule has 138 valence electrons. The Morgan fingerprint density at radius 1 is 0.964 bits per heavy atom. The van der Waals surface area contributed by atoms with Gasteiger partial charge in [-0.3, -0.25) is 9.59 Å². The van der Waals surface area contributed by atoms with Crippen molar-refractivity contribution >= 4 is 34.6 Å². The van der Waals surface area contributed by atoms with E-state index in [0.29, 0.717) is 28.9 Å². The Bertz CT molecular complexity index is 1190. The van der Waals surface area contributed by atoms with E-state index in [9.17, 15) is 14.7 Å². The van der Waals surface area contributed by atoms with Gasteiger partial charge in [-0.25, -0.2) is 0 Å². The molecule has 0 radical (unpaired) electrons. The number of aromatic hydroxyl groups is 1. The minimum absolute atomic E-state index is 0.0330. The van der Waals surface area contributed by atoms with Crippen molar-refractivity contribution in [2.24, 2.45) is 0 Å². The maximum atomic E-state index is 12.6. The third kappa shape index (κ3) is 3.55. The SMILES string of the molecule is O=Cc1cc(Cc2ccc3oc(C(=O)c4ccc(Cl)cc4)cc3c2)ccc1O. The van der Waals surface area contributed by atoms with E-state index in [4.69, 9.17) is 16.0 Å². The van der Waals surface area contributed by atoms with Gasteiger partial charge in [-0.05, 0) is 72.1 Å². The average Bonchev–Trinajstić information content (AvgIpc) is 3.13. The molecule has 1 heterocycles. The van der Waals surface area contributed by atoms with Crippen LogP contribution < -0.4 is 0 Å². The molecular weight excluding hydrogens is 376 g/mol. The lowest BCUT2D eigenvalue weighted by Gasteiger charge is -2.04. The van der Waals surface area contributed by atoms with E-state index in [1.54, 1.807) is 42.5 Å². The summed E-state index contributed by atoms with van der Waals surface area (Å²) in [5.74, 6) is 0.0281. The molecule has 1 aromatic heterocycles. The van der Waals surface area contributed by atoms with Crippen molar-refractivity contribution in [3.05, 3.63) is 99.8 Å². The summed E-state index contributed by atoms with van der Waals surface area (Å²) in [5, 5.41) is 11.0. The van der Waals surface area contributed by atoms with E-state index in [-0.39, 0.29) is 22.9 Å². The molecular formula is C23H15ClO4. The van der Waals surface area contributed by atoms with Gasteiger partial charge in [-0.2, -0.15) is 0 Å². The highest BCUT2D eigenvalue weighted by atomic mass is 35.5. The summed E-state index contributed by atoms with van der Waals surface area (Å²) in [7, 11) is 0. The summed E-state index contributed by atoms with van der Waals surface area (Å²) in [6.07, 6.45) is 1.22. The fourth-order valence-electron chi connectivity index (χ4n) is 3.10. The molecule has 0 amide bonds. The number of hydrogen-bond acceptors (Lipinski definition) is 4. The number of furan rings is 1. The number of ketones is 1. The Hall–Kier alpha value is -3.37. The molecule has 3 aromatic carbocycles. The largest absolute Gasteiger partial charge is 0.507 e. The lowest BCUT2D eigenvalue weighted by molar-refractivity contribution is 0.101. The zero-order chi connectivity index (χ0) is 19.7. The van der Waals surface area contributed by atoms with Crippen molar-refractivity contribution in [1.82, 2.24) is 0 Å². The summed E-state index contributed by atoms with van der Waals surface area (Å²) in [5.41, 5.74) is 3.30. The molecule has 0 bridgehead atoms. The second kappa shape index (κ2) is 7.33. The van der Waals surface area contributed by atoms with Crippen molar-refractivity contribution in [2.75, 3.05) is 0 Å². The average molecular weight is 391 g/mol. The lowest BCUT2D eigenvalue weighted by Crippen LogP contribution is -1.98. The van der Waals surface area contributed by atoms with Crippen LogP contribution in [0.1, 0.15) is 37.6 Å². The molecule has 5 heteroatoms. The van der Waals surface area contributed by atoms with Crippen LogP contribution >= 0.6 is 11.6 Å². The molecule has 4 aromatic rings. The Kier molecular flexibility index (Phi) is 4.72. The summed E-state index contributed by atoms with van der Waals surface area (Å²) < 4.78 is 5.71. The van der Waals surface area contributed by atoms with Crippen LogP contribution in [0.25, 0.3) is 11.0 Å². The van der Waals surface area contributed by atoms with Crippen LogP contribution in [0, 0.1) is 0 Å². The van der Waals surface area contributed by atoms with Gasteiger partial charge in [0, 0.05) is 16.0 Å². The van der Waals surface area contributed by atoms with Crippen LogP contribution in [-0.2, 0) is 6.42 Å². The number of rotatable bonds is 5. The molecule has 0 saturated heterocycles. The summed E-state index contributed by atoms with van der Waals surface area (Å²) in [6, 6.07) is 19.0. The quantitative estimate of drug-likeness (QED) is 0.364. The van der Waals surface area contributed by atoms with Gasteiger partial charge in [0.1, 0.15) is 11.3 Å². The maximum Gasteiger partial charge on any atom is 0.228 e. The number of phenolic OH excluding ortho intramolecular Hbond substituents is 1. The molecule has 28 heavy (non-hydrogen) atoms. The van der Waals surface area contributed by atoms with Gasteiger partial charge >= 0.3 is 0 Å². The molecule has 0 saturated carbocycles. The summed E-state index contributed by atoms with van der Waals surface area (Å²) in [6.45, 7) is 0. The van der Waals surface area contributed by atoms with E-state index >= 15 is 0 Å². The second-order valence-corrected chi connectivity index (χ2v) is 6.94. The number of carbonyl (C=O) groups excluding carboxylic acids is 2. The van der Waals surface area contributed by atoms with Crippen LogP contribution in [0.4, 0.5) is 0 Å². The predicted molar refractivity (Wildman–Crippen MR) is 107 cm³/mol.